The van der Waals surface area contributed by atoms with E-state index in [-0.39, 0.29) is 5.91 Å². The molecule has 0 aliphatic carbocycles. The maximum absolute atomic E-state index is 12.6. The van der Waals surface area contributed by atoms with E-state index >= 15 is 0 Å². The van der Waals surface area contributed by atoms with Gasteiger partial charge in [0.05, 0.1) is 0 Å². The average molecular weight is 394 g/mol. The summed E-state index contributed by atoms with van der Waals surface area (Å²) in [7, 11) is 0. The fraction of sp³-hybridized carbons (Fsp3) is 0.0800. The van der Waals surface area contributed by atoms with Crippen LogP contribution in [0.15, 0.2) is 91.1 Å². The minimum atomic E-state index is -0.119. The van der Waals surface area contributed by atoms with Gasteiger partial charge in [-0.05, 0) is 36.8 Å². The lowest BCUT2D eigenvalue weighted by atomic mass is 10.1. The molecule has 4 rings (SSSR count). The van der Waals surface area contributed by atoms with Crippen molar-refractivity contribution in [3.8, 4) is 11.4 Å². The van der Waals surface area contributed by atoms with E-state index in [1.54, 1.807) is 18.3 Å². The predicted octanol–water partition coefficient (Wildman–Crippen LogP) is 5.13. The van der Waals surface area contributed by atoms with Crippen LogP contribution in [-0.4, -0.2) is 15.9 Å². The smallest absolute Gasteiger partial charge is 0.251 e. The molecule has 0 unspecified atom stereocenters. The topological polar surface area (TPSA) is 66.9 Å². The first-order valence-electron chi connectivity index (χ1n) is 9.77. The minimum Gasteiger partial charge on any atom is -0.348 e. The Morgan fingerprint density at radius 1 is 0.900 bits per heavy atom. The fourth-order valence-corrected chi connectivity index (χ4v) is 3.03. The van der Waals surface area contributed by atoms with Gasteiger partial charge in [0.15, 0.2) is 5.82 Å². The highest BCUT2D eigenvalue weighted by Crippen LogP contribution is 2.19. The van der Waals surface area contributed by atoms with Crippen LogP contribution < -0.4 is 10.6 Å². The molecule has 1 heterocycles. The maximum atomic E-state index is 12.6. The third kappa shape index (κ3) is 4.89. The molecule has 0 fully saturated rings. The second-order valence-corrected chi connectivity index (χ2v) is 7.01. The molecule has 0 radical (unpaired) electrons. The van der Waals surface area contributed by atoms with E-state index < -0.39 is 0 Å². The Balaban J connectivity index is 1.44. The zero-order valence-corrected chi connectivity index (χ0v) is 16.7. The van der Waals surface area contributed by atoms with Gasteiger partial charge in [0.1, 0.15) is 5.82 Å². The summed E-state index contributed by atoms with van der Waals surface area (Å²) in [6.07, 6.45) is 1.72. The number of aryl methyl sites for hydroxylation is 1. The van der Waals surface area contributed by atoms with Gasteiger partial charge in [-0.2, -0.15) is 0 Å². The van der Waals surface area contributed by atoms with Gasteiger partial charge in [0.2, 0.25) is 0 Å². The summed E-state index contributed by atoms with van der Waals surface area (Å²) in [6.45, 7) is 2.53. The van der Waals surface area contributed by atoms with Gasteiger partial charge in [-0.1, -0.05) is 66.2 Å². The number of rotatable bonds is 6. The second-order valence-electron chi connectivity index (χ2n) is 7.01. The first-order valence-corrected chi connectivity index (χ1v) is 9.77. The zero-order chi connectivity index (χ0) is 20.8. The Morgan fingerprint density at radius 3 is 2.50 bits per heavy atom. The molecule has 30 heavy (non-hydrogen) atoms. The monoisotopic (exact) mass is 394 g/mol. The van der Waals surface area contributed by atoms with Gasteiger partial charge in [0.25, 0.3) is 5.91 Å². The first kappa shape index (κ1) is 19.3. The number of aromatic nitrogens is 2. The van der Waals surface area contributed by atoms with Crippen LogP contribution in [0.3, 0.4) is 0 Å². The van der Waals surface area contributed by atoms with Crippen molar-refractivity contribution < 1.29 is 4.79 Å². The Bertz CT molecular complexity index is 1140. The molecule has 5 heteroatoms. The quantitative estimate of drug-likeness (QED) is 0.476. The van der Waals surface area contributed by atoms with E-state index in [4.69, 9.17) is 0 Å². The Kier molecular flexibility index (Phi) is 5.80. The molecule has 1 aromatic heterocycles. The van der Waals surface area contributed by atoms with Crippen LogP contribution in [0.5, 0.6) is 0 Å². The van der Waals surface area contributed by atoms with Crippen molar-refractivity contribution in [1.82, 2.24) is 15.3 Å². The second kappa shape index (κ2) is 9.01. The van der Waals surface area contributed by atoms with Crippen LogP contribution in [0.2, 0.25) is 0 Å². The molecule has 148 valence electrons. The van der Waals surface area contributed by atoms with Gasteiger partial charge in [-0.15, -0.1) is 0 Å². The molecule has 5 nitrogen and oxygen atoms in total. The van der Waals surface area contributed by atoms with Gasteiger partial charge in [-0.3, -0.25) is 4.79 Å². The number of carbonyl (C=O) groups is 1. The Labute approximate surface area is 175 Å². The molecule has 1 amide bonds. The molecule has 3 aromatic carbocycles. The van der Waals surface area contributed by atoms with E-state index in [0.717, 1.165) is 16.8 Å². The van der Waals surface area contributed by atoms with E-state index in [9.17, 15) is 4.79 Å². The summed E-state index contributed by atoms with van der Waals surface area (Å²) >= 11 is 0. The summed E-state index contributed by atoms with van der Waals surface area (Å²) in [5.74, 6) is 1.19. The molecule has 4 aromatic rings. The number of nitrogens with one attached hydrogen (secondary N) is 2. The highest BCUT2D eigenvalue weighted by atomic mass is 16.1. The van der Waals surface area contributed by atoms with Crippen LogP contribution in [0, 0.1) is 6.92 Å². The Hall–Kier alpha value is -3.99. The van der Waals surface area contributed by atoms with Crippen LogP contribution in [0.4, 0.5) is 11.5 Å². The molecule has 0 spiro atoms. The van der Waals surface area contributed by atoms with E-state index in [1.807, 2.05) is 79.7 Å². The Morgan fingerprint density at radius 2 is 1.70 bits per heavy atom. The predicted molar refractivity (Wildman–Crippen MR) is 120 cm³/mol. The highest BCUT2D eigenvalue weighted by Gasteiger charge is 2.08. The SMILES string of the molecule is Cc1ccc(CNC(=O)c2cccc(Nc3ccnc(-c4ccccc4)n3)c2)cc1. The highest BCUT2D eigenvalue weighted by molar-refractivity contribution is 5.95. The van der Waals surface area contributed by atoms with E-state index in [2.05, 4.69) is 20.6 Å². The number of carbonyl (C=O) groups excluding carboxylic acids is 1. The molecule has 0 aliphatic heterocycles. The fourth-order valence-electron chi connectivity index (χ4n) is 3.03. The molecule has 0 atom stereocenters. The zero-order valence-electron chi connectivity index (χ0n) is 16.7. The van der Waals surface area contributed by atoms with Crippen LogP contribution in [-0.2, 0) is 6.54 Å². The molecular formula is C25H22N4O. The van der Waals surface area contributed by atoms with Crippen molar-refractivity contribution in [2.75, 3.05) is 5.32 Å². The molecule has 0 saturated heterocycles. The maximum Gasteiger partial charge on any atom is 0.251 e. The summed E-state index contributed by atoms with van der Waals surface area (Å²) in [6, 6.07) is 27.1. The van der Waals surface area contributed by atoms with Gasteiger partial charge in [0, 0.05) is 29.6 Å². The summed E-state index contributed by atoms with van der Waals surface area (Å²) in [5.41, 5.74) is 4.59. The van der Waals surface area contributed by atoms with Crippen molar-refractivity contribution in [2.24, 2.45) is 0 Å². The van der Waals surface area contributed by atoms with Crippen LogP contribution >= 0.6 is 0 Å². The lowest BCUT2D eigenvalue weighted by molar-refractivity contribution is 0.0951. The van der Waals surface area contributed by atoms with Crippen molar-refractivity contribution in [1.29, 1.82) is 0 Å². The molecule has 0 saturated carbocycles. The molecule has 0 aliphatic rings. The van der Waals surface area contributed by atoms with Crippen molar-refractivity contribution in [3.63, 3.8) is 0 Å². The average Bonchev–Trinajstić information content (AvgIpc) is 2.79. The summed E-state index contributed by atoms with van der Waals surface area (Å²) in [4.78, 5) is 21.5. The number of hydrogen-bond acceptors (Lipinski definition) is 4. The number of nitrogens with zero attached hydrogens (tertiary/aromatic N) is 2. The van der Waals surface area contributed by atoms with Crippen LogP contribution in [0.1, 0.15) is 21.5 Å². The van der Waals surface area contributed by atoms with Crippen molar-refractivity contribution in [2.45, 2.75) is 13.5 Å². The third-order valence-electron chi connectivity index (χ3n) is 4.66. The molecule has 2 N–H and O–H groups in total. The van der Waals surface area contributed by atoms with E-state index in [0.29, 0.717) is 23.8 Å². The molecule has 0 bridgehead atoms. The van der Waals surface area contributed by atoms with Crippen molar-refractivity contribution in [3.05, 3.63) is 108 Å². The standard InChI is InChI=1S/C25H22N4O/c1-18-10-12-19(13-11-18)17-27-25(30)21-8-5-9-22(16-21)28-23-14-15-26-24(29-23)20-6-3-2-4-7-20/h2-16H,17H2,1H3,(H,27,30)(H,26,28,29). The number of hydrogen-bond donors (Lipinski definition) is 2. The third-order valence-corrected chi connectivity index (χ3v) is 4.66. The number of benzene rings is 3. The summed E-state index contributed by atoms with van der Waals surface area (Å²) in [5, 5.41) is 6.22. The van der Waals surface area contributed by atoms with Gasteiger partial charge in [-0.25, -0.2) is 9.97 Å². The normalized spacial score (nSPS) is 10.4. The lowest BCUT2D eigenvalue weighted by Crippen LogP contribution is -2.22. The first-order chi connectivity index (χ1) is 14.7. The van der Waals surface area contributed by atoms with Gasteiger partial charge >= 0.3 is 0 Å². The van der Waals surface area contributed by atoms with Crippen molar-refractivity contribution >= 4 is 17.4 Å². The lowest BCUT2D eigenvalue weighted by Gasteiger charge is -2.10. The number of amides is 1. The van der Waals surface area contributed by atoms with Crippen LogP contribution in [0.25, 0.3) is 11.4 Å². The molecular weight excluding hydrogens is 372 g/mol. The van der Waals surface area contributed by atoms with E-state index in [1.165, 1.54) is 5.56 Å². The van der Waals surface area contributed by atoms with Gasteiger partial charge < -0.3 is 10.6 Å². The largest absolute Gasteiger partial charge is 0.348 e. The summed E-state index contributed by atoms with van der Waals surface area (Å²) < 4.78 is 0. The number of anilines is 2. The minimum absolute atomic E-state index is 0.119.